The van der Waals surface area contributed by atoms with Crippen molar-refractivity contribution >= 4 is 41.0 Å². The average Bonchev–Trinajstić information content (AvgIpc) is 3.52. The number of nitrogens with two attached hydrogens (primary N) is 2. The van der Waals surface area contributed by atoms with Gasteiger partial charge in [0.25, 0.3) is 5.91 Å². The molecule has 5 rings (SSSR count). The standard InChI is InChI=1S/C34H33ClF3N7O6/c1-18-12-13-45(44-18)26-15-21(35)10-11-22(26)30(34(36,37)38)51-28-16-25(42-33(40)43-28)20-8-6-19(7-9-20)14-24(39)32(49)50-27-5-3-2-4-23(27)31(48)41-17-29(46)47/h2-5,8,10-13,15-16,19,24,30H,6-7,9,14,17,39H2,1H3,(H,41,48)(H,46,47)(H2,40,42,43)/t19?,24-,30+/m0/s1. The highest BCUT2D eigenvalue weighted by Gasteiger charge is 2.45. The van der Waals surface area contributed by atoms with Gasteiger partial charge in [0.15, 0.2) is 0 Å². The maximum Gasteiger partial charge on any atom is 0.429 e. The number of allylic oxidation sites excluding steroid dienone is 2. The molecule has 2 aromatic carbocycles. The average molecular weight is 728 g/mol. The van der Waals surface area contributed by atoms with E-state index in [1.165, 1.54) is 53.3 Å². The minimum absolute atomic E-state index is 0.0276. The molecule has 0 saturated carbocycles. The van der Waals surface area contributed by atoms with Crippen LogP contribution >= 0.6 is 11.6 Å². The number of esters is 1. The van der Waals surface area contributed by atoms with Gasteiger partial charge < -0.3 is 31.4 Å². The Morgan fingerprint density at radius 2 is 1.90 bits per heavy atom. The summed E-state index contributed by atoms with van der Waals surface area (Å²) < 4.78 is 55.8. The smallest absolute Gasteiger partial charge is 0.429 e. The first kappa shape index (κ1) is 36.8. The first-order chi connectivity index (χ1) is 24.2. The molecule has 268 valence electrons. The second kappa shape index (κ2) is 15.6. The van der Waals surface area contributed by atoms with Gasteiger partial charge in [-0.05, 0) is 74.4 Å². The molecule has 51 heavy (non-hydrogen) atoms. The van der Waals surface area contributed by atoms with E-state index in [2.05, 4.69) is 20.4 Å². The number of aliphatic carboxylic acids is 1. The fourth-order valence-electron chi connectivity index (χ4n) is 5.55. The van der Waals surface area contributed by atoms with Crippen LogP contribution in [0.1, 0.15) is 59.1 Å². The van der Waals surface area contributed by atoms with Crippen LogP contribution in [-0.4, -0.2) is 61.5 Å². The molecule has 0 fully saturated rings. The molecule has 4 aromatic rings. The highest BCUT2D eigenvalue weighted by molar-refractivity contribution is 6.30. The number of aryl methyl sites for hydroxylation is 1. The maximum atomic E-state index is 14.5. The van der Waals surface area contributed by atoms with E-state index < -0.39 is 42.7 Å². The van der Waals surface area contributed by atoms with E-state index in [9.17, 15) is 27.6 Å². The Hall–Kier alpha value is -5.48. The largest absolute Gasteiger partial charge is 0.480 e. The van der Waals surface area contributed by atoms with Gasteiger partial charge in [-0.25, -0.2) is 14.5 Å². The van der Waals surface area contributed by atoms with Crippen LogP contribution in [-0.2, 0) is 9.59 Å². The van der Waals surface area contributed by atoms with Crippen LogP contribution in [0.5, 0.6) is 11.6 Å². The number of alkyl halides is 3. The molecule has 0 radical (unpaired) electrons. The number of carbonyl (C=O) groups is 3. The Morgan fingerprint density at radius 1 is 1.14 bits per heavy atom. The van der Waals surface area contributed by atoms with E-state index in [1.807, 2.05) is 6.08 Å². The molecule has 1 amide bonds. The molecular weight excluding hydrogens is 695 g/mol. The number of anilines is 1. The minimum atomic E-state index is -4.86. The van der Waals surface area contributed by atoms with Gasteiger partial charge in [-0.2, -0.15) is 23.3 Å². The van der Waals surface area contributed by atoms with Crippen LogP contribution in [0, 0.1) is 12.8 Å². The van der Waals surface area contributed by atoms with Crippen molar-refractivity contribution in [3.05, 3.63) is 94.4 Å². The normalized spacial score (nSPS) is 15.7. The SMILES string of the molecule is Cc1ccn(-c2cc(Cl)ccc2[C@@H](Oc2cc(C3=CCC(C[C@H](N)C(=O)Oc4ccccc4C(=O)NCC(=O)O)CC3)nc(N)n2)C(F)(F)F)n1. The van der Waals surface area contributed by atoms with Crippen molar-refractivity contribution in [1.29, 1.82) is 0 Å². The monoisotopic (exact) mass is 727 g/mol. The summed E-state index contributed by atoms with van der Waals surface area (Å²) in [6.07, 6.45) is -2.25. The van der Waals surface area contributed by atoms with Crippen LogP contribution in [0.3, 0.4) is 0 Å². The third-order valence-electron chi connectivity index (χ3n) is 7.98. The van der Waals surface area contributed by atoms with Crippen molar-refractivity contribution in [2.75, 3.05) is 12.3 Å². The zero-order chi connectivity index (χ0) is 36.9. The number of nitrogen functional groups attached to an aromatic ring is 1. The van der Waals surface area contributed by atoms with Gasteiger partial charge in [0.1, 0.15) is 18.3 Å². The number of benzene rings is 2. The quantitative estimate of drug-likeness (QED) is 0.110. The Morgan fingerprint density at radius 3 is 2.57 bits per heavy atom. The van der Waals surface area contributed by atoms with Gasteiger partial charge in [-0.15, -0.1) is 0 Å². The van der Waals surface area contributed by atoms with E-state index in [0.717, 1.165) is 0 Å². The van der Waals surface area contributed by atoms with Gasteiger partial charge in [-0.1, -0.05) is 35.9 Å². The molecule has 3 atom stereocenters. The molecule has 1 unspecified atom stereocenters. The molecule has 13 nitrogen and oxygen atoms in total. The van der Waals surface area contributed by atoms with Crippen LogP contribution in [0.15, 0.2) is 66.9 Å². The van der Waals surface area contributed by atoms with Crippen LogP contribution < -0.4 is 26.3 Å². The molecule has 0 aliphatic heterocycles. The topological polar surface area (TPSA) is 198 Å². The van der Waals surface area contributed by atoms with Gasteiger partial charge in [0.05, 0.1) is 22.6 Å². The second-order valence-corrected chi connectivity index (χ2v) is 12.2. The molecule has 0 spiro atoms. The lowest BCUT2D eigenvalue weighted by atomic mass is 9.84. The third kappa shape index (κ3) is 9.40. The number of amides is 1. The Balaban J connectivity index is 1.27. The molecule has 2 heterocycles. The van der Waals surface area contributed by atoms with Crippen molar-refractivity contribution in [3.8, 4) is 17.3 Å². The molecule has 0 saturated heterocycles. The number of halogens is 4. The van der Waals surface area contributed by atoms with Crippen molar-refractivity contribution in [2.45, 2.75) is 50.9 Å². The van der Waals surface area contributed by atoms with E-state index in [0.29, 0.717) is 30.5 Å². The highest BCUT2D eigenvalue weighted by atomic mass is 35.5. The lowest BCUT2D eigenvalue weighted by molar-refractivity contribution is -0.198. The number of hydrogen-bond donors (Lipinski definition) is 4. The number of carboxylic acid groups (broad SMARTS) is 1. The zero-order valence-electron chi connectivity index (χ0n) is 27.1. The summed E-state index contributed by atoms with van der Waals surface area (Å²) >= 11 is 6.14. The van der Waals surface area contributed by atoms with E-state index in [4.69, 9.17) is 37.6 Å². The summed E-state index contributed by atoms with van der Waals surface area (Å²) in [6, 6.07) is 11.7. The first-order valence-corrected chi connectivity index (χ1v) is 16.0. The van der Waals surface area contributed by atoms with Gasteiger partial charge >= 0.3 is 18.1 Å². The number of hydrogen-bond acceptors (Lipinski definition) is 10. The number of carbonyl (C=O) groups excluding carboxylic acids is 2. The van der Waals surface area contributed by atoms with Gasteiger partial charge in [0, 0.05) is 22.8 Å². The zero-order valence-corrected chi connectivity index (χ0v) is 27.8. The van der Waals surface area contributed by atoms with E-state index >= 15 is 0 Å². The van der Waals surface area contributed by atoms with Crippen molar-refractivity contribution in [3.63, 3.8) is 0 Å². The summed E-state index contributed by atoms with van der Waals surface area (Å²) in [4.78, 5) is 44.2. The Labute approximate surface area is 294 Å². The van der Waals surface area contributed by atoms with Crippen molar-refractivity contribution in [1.82, 2.24) is 25.1 Å². The van der Waals surface area contributed by atoms with Gasteiger partial charge in [-0.3, -0.25) is 9.59 Å². The molecule has 2 aromatic heterocycles. The lowest BCUT2D eigenvalue weighted by Gasteiger charge is -2.25. The summed E-state index contributed by atoms with van der Waals surface area (Å²) in [5.74, 6) is -3.53. The van der Waals surface area contributed by atoms with Crippen molar-refractivity contribution < 1.29 is 42.1 Å². The summed E-state index contributed by atoms with van der Waals surface area (Å²) in [6.45, 7) is 1.09. The predicted molar refractivity (Wildman–Crippen MR) is 179 cm³/mol. The number of nitrogens with zero attached hydrogens (tertiary/aromatic N) is 4. The number of nitrogens with one attached hydrogen (secondary N) is 1. The first-order valence-electron chi connectivity index (χ1n) is 15.6. The predicted octanol–water partition coefficient (Wildman–Crippen LogP) is 5.21. The molecule has 0 bridgehead atoms. The van der Waals surface area contributed by atoms with Crippen LogP contribution in [0.2, 0.25) is 5.02 Å². The van der Waals surface area contributed by atoms with Crippen LogP contribution in [0.4, 0.5) is 19.1 Å². The fourth-order valence-corrected chi connectivity index (χ4v) is 5.72. The summed E-state index contributed by atoms with van der Waals surface area (Å²) in [5.41, 5.74) is 13.5. The summed E-state index contributed by atoms with van der Waals surface area (Å²) in [5, 5.41) is 15.5. The lowest BCUT2D eigenvalue weighted by Crippen LogP contribution is -2.37. The Kier molecular flexibility index (Phi) is 11.3. The number of para-hydroxylation sites is 1. The Bertz CT molecular complexity index is 1970. The maximum absolute atomic E-state index is 14.5. The number of aromatic nitrogens is 4. The number of ether oxygens (including phenoxy) is 2. The van der Waals surface area contributed by atoms with Gasteiger partial charge in [0.2, 0.25) is 17.9 Å². The van der Waals surface area contributed by atoms with E-state index in [-0.39, 0.29) is 57.4 Å². The van der Waals surface area contributed by atoms with E-state index in [1.54, 1.807) is 19.1 Å². The fraction of sp³-hybridized carbons (Fsp3) is 0.294. The molecule has 17 heteroatoms. The molecule has 1 aliphatic carbocycles. The minimum Gasteiger partial charge on any atom is -0.480 e. The second-order valence-electron chi connectivity index (χ2n) is 11.8. The molecular formula is C34H33ClF3N7O6. The highest BCUT2D eigenvalue weighted by Crippen LogP contribution is 2.40. The number of carboxylic acids is 1. The summed E-state index contributed by atoms with van der Waals surface area (Å²) in [7, 11) is 0. The number of rotatable bonds is 12. The van der Waals surface area contributed by atoms with Crippen molar-refractivity contribution in [2.24, 2.45) is 11.7 Å². The third-order valence-corrected chi connectivity index (χ3v) is 8.22. The molecule has 6 N–H and O–H groups in total. The van der Waals surface area contributed by atoms with Crippen LogP contribution in [0.25, 0.3) is 11.3 Å². The molecule has 1 aliphatic rings.